The molecule has 1 heterocycles. The molecule has 0 aliphatic heterocycles. The molecule has 2 aromatic rings. The number of carbonyl (C=O) groups is 1. The second-order valence-electron chi connectivity index (χ2n) is 5.34. The summed E-state index contributed by atoms with van der Waals surface area (Å²) in [6.07, 6.45) is -3.52. The molecular formula is C15H18F3N3O2. The summed E-state index contributed by atoms with van der Waals surface area (Å²) >= 11 is 0. The third-order valence-corrected chi connectivity index (χ3v) is 4.11. The molecule has 5 nitrogen and oxygen atoms in total. The quantitative estimate of drug-likeness (QED) is 0.879. The average molecular weight is 329 g/mol. The summed E-state index contributed by atoms with van der Waals surface area (Å²) in [5.74, 6) is -1.57. The number of halogens is 3. The van der Waals surface area contributed by atoms with Crippen molar-refractivity contribution in [3.63, 3.8) is 0 Å². The van der Waals surface area contributed by atoms with Crippen LogP contribution < -0.4 is 11.1 Å². The second kappa shape index (κ2) is 6.19. The van der Waals surface area contributed by atoms with Crippen molar-refractivity contribution in [1.29, 1.82) is 0 Å². The van der Waals surface area contributed by atoms with E-state index in [1.807, 2.05) is 13.8 Å². The molecule has 0 aliphatic carbocycles. The van der Waals surface area contributed by atoms with Gasteiger partial charge in [-0.1, -0.05) is 13.8 Å². The van der Waals surface area contributed by atoms with Crippen LogP contribution in [-0.2, 0) is 11.0 Å². The highest BCUT2D eigenvalue weighted by molar-refractivity contribution is 5.96. The predicted octanol–water partition coefficient (Wildman–Crippen LogP) is 3.55. The van der Waals surface area contributed by atoms with Crippen molar-refractivity contribution in [1.82, 2.24) is 4.98 Å². The fraction of sp³-hybridized carbons (Fsp3) is 0.467. The molecule has 8 heteroatoms. The topological polar surface area (TPSA) is 81.2 Å². The number of fused-ring (bicyclic) bond motifs is 1. The Labute approximate surface area is 131 Å². The lowest BCUT2D eigenvalue weighted by atomic mass is 9.81. The zero-order chi connectivity index (χ0) is 17.3. The number of rotatable bonds is 5. The number of nitrogens with two attached hydrogens (primary N) is 1. The number of hydrogen-bond acceptors (Lipinski definition) is 4. The minimum atomic E-state index is -4.65. The van der Waals surface area contributed by atoms with Gasteiger partial charge in [-0.05, 0) is 31.0 Å². The smallest absolute Gasteiger partial charge is 0.433 e. The van der Waals surface area contributed by atoms with Gasteiger partial charge in [0.25, 0.3) is 0 Å². The predicted molar refractivity (Wildman–Crippen MR) is 79.7 cm³/mol. The molecule has 2 rings (SSSR count). The third kappa shape index (κ3) is 3.31. The Morgan fingerprint density at radius 2 is 1.96 bits per heavy atom. The largest absolute Gasteiger partial charge is 0.468 e. The van der Waals surface area contributed by atoms with Crippen LogP contribution in [-0.4, -0.2) is 17.4 Å². The molecule has 23 heavy (non-hydrogen) atoms. The van der Waals surface area contributed by atoms with E-state index in [2.05, 4.69) is 14.7 Å². The summed E-state index contributed by atoms with van der Waals surface area (Å²) in [6, 6.07) is 4.16. The Kier molecular flexibility index (Phi) is 4.65. The van der Waals surface area contributed by atoms with Crippen LogP contribution in [0.25, 0.3) is 11.1 Å². The van der Waals surface area contributed by atoms with Crippen LogP contribution in [0, 0.1) is 5.41 Å². The Balaban J connectivity index is 2.29. The Hall–Kier alpha value is -2.09. The van der Waals surface area contributed by atoms with Gasteiger partial charge in [0, 0.05) is 12.2 Å². The van der Waals surface area contributed by atoms with Crippen LogP contribution in [0.1, 0.15) is 32.6 Å². The fourth-order valence-corrected chi connectivity index (χ4v) is 2.34. The SMILES string of the molecule is CCC(CC)(CN)C(=O)Nc1ccc2oc(C(F)(F)F)nc2c1. The normalized spacial score (nSPS) is 12.6. The van der Waals surface area contributed by atoms with Crippen molar-refractivity contribution in [2.24, 2.45) is 11.1 Å². The zero-order valence-corrected chi connectivity index (χ0v) is 12.8. The van der Waals surface area contributed by atoms with E-state index in [4.69, 9.17) is 5.73 Å². The second-order valence-corrected chi connectivity index (χ2v) is 5.34. The average Bonchev–Trinajstić information content (AvgIpc) is 2.93. The number of nitrogens with one attached hydrogen (secondary N) is 1. The molecule has 0 spiro atoms. The van der Waals surface area contributed by atoms with Crippen molar-refractivity contribution in [2.75, 3.05) is 11.9 Å². The van der Waals surface area contributed by atoms with E-state index < -0.39 is 17.5 Å². The lowest BCUT2D eigenvalue weighted by Crippen LogP contribution is -2.41. The Morgan fingerprint density at radius 1 is 1.30 bits per heavy atom. The first kappa shape index (κ1) is 17.3. The van der Waals surface area contributed by atoms with Gasteiger partial charge in [0.05, 0.1) is 5.41 Å². The number of carbonyl (C=O) groups excluding carboxylic acids is 1. The number of aromatic nitrogens is 1. The standard InChI is InChI=1S/C15H18F3N3O2/c1-3-14(4-2,8-19)12(22)20-9-5-6-11-10(7-9)21-13(23-11)15(16,17)18/h5-7H,3-4,8,19H2,1-2H3,(H,20,22). The number of anilines is 1. The van der Waals surface area contributed by atoms with Gasteiger partial charge in [0.15, 0.2) is 5.58 Å². The van der Waals surface area contributed by atoms with Gasteiger partial charge in [-0.2, -0.15) is 13.2 Å². The maximum absolute atomic E-state index is 12.6. The highest BCUT2D eigenvalue weighted by Gasteiger charge is 2.37. The van der Waals surface area contributed by atoms with E-state index in [0.29, 0.717) is 18.5 Å². The van der Waals surface area contributed by atoms with Crippen LogP contribution in [0.2, 0.25) is 0 Å². The monoisotopic (exact) mass is 329 g/mol. The summed E-state index contributed by atoms with van der Waals surface area (Å²) in [4.78, 5) is 15.8. The molecule has 0 radical (unpaired) electrons. The molecular weight excluding hydrogens is 311 g/mol. The molecule has 0 aliphatic rings. The molecule has 1 amide bonds. The molecule has 0 saturated heterocycles. The lowest BCUT2D eigenvalue weighted by Gasteiger charge is -2.28. The summed E-state index contributed by atoms with van der Waals surface area (Å²) in [6.45, 7) is 3.93. The minimum absolute atomic E-state index is 0.00592. The summed E-state index contributed by atoms with van der Waals surface area (Å²) in [5.41, 5.74) is 5.40. The van der Waals surface area contributed by atoms with Gasteiger partial charge < -0.3 is 15.5 Å². The van der Waals surface area contributed by atoms with Crippen molar-refractivity contribution in [3.05, 3.63) is 24.1 Å². The molecule has 0 saturated carbocycles. The van der Waals surface area contributed by atoms with E-state index in [9.17, 15) is 18.0 Å². The number of benzene rings is 1. The van der Waals surface area contributed by atoms with Gasteiger partial charge in [-0.15, -0.1) is 0 Å². The van der Waals surface area contributed by atoms with Crippen molar-refractivity contribution in [2.45, 2.75) is 32.9 Å². The van der Waals surface area contributed by atoms with E-state index in [1.165, 1.54) is 18.2 Å². The van der Waals surface area contributed by atoms with E-state index >= 15 is 0 Å². The first-order valence-corrected chi connectivity index (χ1v) is 7.25. The van der Waals surface area contributed by atoms with Crippen molar-refractivity contribution < 1.29 is 22.4 Å². The highest BCUT2D eigenvalue weighted by atomic mass is 19.4. The zero-order valence-electron chi connectivity index (χ0n) is 12.8. The number of alkyl halides is 3. The van der Waals surface area contributed by atoms with E-state index in [1.54, 1.807) is 0 Å². The number of hydrogen-bond donors (Lipinski definition) is 2. The Bertz CT molecular complexity index is 697. The van der Waals surface area contributed by atoms with E-state index in [-0.39, 0.29) is 23.6 Å². The van der Waals surface area contributed by atoms with Gasteiger partial charge >= 0.3 is 12.1 Å². The fourth-order valence-electron chi connectivity index (χ4n) is 2.34. The molecule has 0 fully saturated rings. The van der Waals surface area contributed by atoms with Crippen molar-refractivity contribution in [3.8, 4) is 0 Å². The van der Waals surface area contributed by atoms with Crippen LogP contribution in [0.4, 0.5) is 18.9 Å². The molecule has 0 unspecified atom stereocenters. The van der Waals surface area contributed by atoms with Gasteiger partial charge in [0.2, 0.25) is 5.91 Å². The molecule has 1 aromatic heterocycles. The summed E-state index contributed by atoms with van der Waals surface area (Å²) in [5, 5.41) is 2.69. The van der Waals surface area contributed by atoms with Crippen LogP contribution >= 0.6 is 0 Å². The van der Waals surface area contributed by atoms with Crippen LogP contribution in [0.5, 0.6) is 0 Å². The van der Waals surface area contributed by atoms with E-state index in [0.717, 1.165) is 0 Å². The summed E-state index contributed by atoms with van der Waals surface area (Å²) in [7, 11) is 0. The molecule has 0 atom stereocenters. The minimum Gasteiger partial charge on any atom is -0.433 e. The molecule has 126 valence electrons. The van der Waals surface area contributed by atoms with Crippen molar-refractivity contribution >= 4 is 22.7 Å². The first-order chi connectivity index (χ1) is 10.8. The Morgan fingerprint density at radius 3 is 2.48 bits per heavy atom. The van der Waals surface area contributed by atoms with Crippen LogP contribution in [0.15, 0.2) is 22.6 Å². The third-order valence-electron chi connectivity index (χ3n) is 4.11. The maximum Gasteiger partial charge on any atom is 0.468 e. The number of amides is 1. The van der Waals surface area contributed by atoms with Gasteiger partial charge in [-0.25, -0.2) is 4.98 Å². The first-order valence-electron chi connectivity index (χ1n) is 7.25. The summed E-state index contributed by atoms with van der Waals surface area (Å²) < 4.78 is 42.4. The van der Waals surface area contributed by atoms with Crippen LogP contribution in [0.3, 0.4) is 0 Å². The maximum atomic E-state index is 12.6. The van der Waals surface area contributed by atoms with Gasteiger partial charge in [0.1, 0.15) is 5.52 Å². The number of nitrogens with zero attached hydrogens (tertiary/aromatic N) is 1. The molecule has 0 bridgehead atoms. The number of oxazole rings is 1. The lowest BCUT2D eigenvalue weighted by molar-refractivity contribution is -0.156. The highest BCUT2D eigenvalue weighted by Crippen LogP contribution is 2.32. The molecule has 3 N–H and O–H groups in total. The molecule has 1 aromatic carbocycles. The van der Waals surface area contributed by atoms with Gasteiger partial charge in [-0.3, -0.25) is 4.79 Å².